The number of hydrogen-bond acceptors (Lipinski definition) is 5. The van der Waals surface area contributed by atoms with Crippen molar-refractivity contribution in [3.8, 4) is 6.07 Å². The molecule has 0 amide bonds. The Labute approximate surface area is 164 Å². The normalized spacial score (nSPS) is 20.2. The molecule has 0 fully saturated rings. The highest BCUT2D eigenvalue weighted by Gasteiger charge is 2.46. The van der Waals surface area contributed by atoms with Gasteiger partial charge in [-0.25, -0.2) is 8.42 Å². The van der Waals surface area contributed by atoms with Crippen LogP contribution >= 0.6 is 0 Å². The molecule has 2 aliphatic rings. The van der Waals surface area contributed by atoms with Gasteiger partial charge in [-0.2, -0.15) is 5.26 Å². The van der Waals surface area contributed by atoms with E-state index in [4.69, 9.17) is 10.5 Å². The van der Waals surface area contributed by atoms with Gasteiger partial charge in [-0.05, 0) is 37.1 Å². The van der Waals surface area contributed by atoms with Gasteiger partial charge in [-0.15, -0.1) is 0 Å². The van der Waals surface area contributed by atoms with Gasteiger partial charge in [-0.1, -0.05) is 36.4 Å². The molecule has 1 unspecified atom stereocenters. The molecule has 142 valence electrons. The van der Waals surface area contributed by atoms with E-state index in [1.54, 1.807) is 19.1 Å². The van der Waals surface area contributed by atoms with Gasteiger partial charge >= 0.3 is 0 Å². The van der Waals surface area contributed by atoms with E-state index in [0.717, 1.165) is 11.1 Å². The van der Waals surface area contributed by atoms with Crippen LogP contribution in [0.1, 0.15) is 29.5 Å². The summed E-state index contributed by atoms with van der Waals surface area (Å²) in [5, 5.41) is 9.76. The molecule has 0 spiro atoms. The minimum atomic E-state index is -3.92. The van der Waals surface area contributed by atoms with E-state index in [1.165, 1.54) is 4.31 Å². The zero-order valence-electron chi connectivity index (χ0n) is 15.5. The number of hydrogen-bond donors (Lipinski definition) is 1. The first-order valence-corrected chi connectivity index (χ1v) is 10.3. The summed E-state index contributed by atoms with van der Waals surface area (Å²) in [5.41, 5.74) is 8.96. The summed E-state index contributed by atoms with van der Waals surface area (Å²) in [4.78, 5) is 0.0631. The fraction of sp³-hybridized carbons (Fsp3) is 0.190. The number of sulfonamides is 1. The average Bonchev–Trinajstić information content (AvgIpc) is 2.67. The van der Waals surface area contributed by atoms with Crippen molar-refractivity contribution in [2.75, 3.05) is 10.8 Å². The lowest BCUT2D eigenvalue weighted by atomic mass is 9.86. The van der Waals surface area contributed by atoms with Crippen LogP contribution in [0.15, 0.2) is 64.9 Å². The van der Waals surface area contributed by atoms with Gasteiger partial charge in [0.15, 0.2) is 5.76 Å². The largest absolute Gasteiger partial charge is 0.439 e. The first-order valence-electron chi connectivity index (χ1n) is 8.91. The molecule has 1 atom stereocenters. The third-order valence-electron chi connectivity index (χ3n) is 5.14. The van der Waals surface area contributed by atoms with Gasteiger partial charge in [0.25, 0.3) is 10.0 Å². The van der Waals surface area contributed by atoms with Crippen molar-refractivity contribution < 1.29 is 13.2 Å². The van der Waals surface area contributed by atoms with Gasteiger partial charge in [0.05, 0.1) is 11.6 Å². The molecule has 2 aromatic rings. The SMILES string of the molecule is CCN1c2ccccc2C2=C(C(c3ccccc3C)C(C#N)=C(N)O2)S1(=O)=O. The molecule has 4 rings (SSSR count). The Morgan fingerprint density at radius 3 is 2.54 bits per heavy atom. The predicted molar refractivity (Wildman–Crippen MR) is 107 cm³/mol. The molecule has 0 bridgehead atoms. The Hall–Kier alpha value is -3.24. The smallest absolute Gasteiger partial charge is 0.265 e. The molecule has 2 aromatic carbocycles. The van der Waals surface area contributed by atoms with E-state index in [9.17, 15) is 13.7 Å². The van der Waals surface area contributed by atoms with E-state index in [0.29, 0.717) is 11.3 Å². The first-order chi connectivity index (χ1) is 13.4. The standard InChI is InChI=1S/C21H19N3O3S/c1-3-24-17-11-7-6-10-15(17)19-20(28(24,25)26)18(16(12-22)21(23)27-19)14-9-5-4-8-13(14)2/h4-11,18H,3,23H2,1-2H3. The number of fused-ring (bicyclic) bond motifs is 2. The van der Waals surface area contributed by atoms with Crippen molar-refractivity contribution >= 4 is 21.5 Å². The second-order valence-corrected chi connectivity index (χ2v) is 8.49. The van der Waals surface area contributed by atoms with Gasteiger partial charge in [-0.3, -0.25) is 4.31 Å². The number of para-hydroxylation sites is 1. The Kier molecular flexibility index (Phi) is 4.16. The maximum atomic E-state index is 13.6. The molecule has 7 heteroatoms. The zero-order valence-corrected chi connectivity index (χ0v) is 16.3. The molecule has 2 heterocycles. The topological polar surface area (TPSA) is 96.4 Å². The highest BCUT2D eigenvalue weighted by molar-refractivity contribution is 7.97. The zero-order chi connectivity index (χ0) is 20.1. The second kappa shape index (κ2) is 6.43. The van der Waals surface area contributed by atoms with Crippen molar-refractivity contribution in [2.45, 2.75) is 19.8 Å². The fourth-order valence-corrected chi connectivity index (χ4v) is 5.80. The molecular weight excluding hydrogens is 374 g/mol. The maximum absolute atomic E-state index is 13.6. The Morgan fingerprint density at radius 1 is 1.18 bits per heavy atom. The maximum Gasteiger partial charge on any atom is 0.265 e. The molecular formula is C21H19N3O3S. The minimum Gasteiger partial charge on any atom is -0.439 e. The monoisotopic (exact) mass is 393 g/mol. The van der Waals surface area contributed by atoms with Crippen LogP contribution in [0.5, 0.6) is 0 Å². The molecule has 28 heavy (non-hydrogen) atoms. The fourth-order valence-electron chi connectivity index (χ4n) is 3.87. The number of benzene rings is 2. The molecule has 0 radical (unpaired) electrons. The lowest BCUT2D eigenvalue weighted by Crippen LogP contribution is -2.39. The predicted octanol–water partition coefficient (Wildman–Crippen LogP) is 3.34. The number of ether oxygens (including phenoxy) is 1. The summed E-state index contributed by atoms with van der Waals surface area (Å²) in [6.45, 7) is 3.93. The average molecular weight is 393 g/mol. The van der Waals surface area contributed by atoms with Crippen molar-refractivity contribution in [3.05, 3.63) is 81.6 Å². The van der Waals surface area contributed by atoms with Crippen LogP contribution in [0.3, 0.4) is 0 Å². The van der Waals surface area contributed by atoms with Gasteiger partial charge in [0, 0.05) is 12.1 Å². The minimum absolute atomic E-state index is 0.0631. The molecule has 0 aliphatic carbocycles. The van der Waals surface area contributed by atoms with Crippen LogP contribution in [0, 0.1) is 18.3 Å². The van der Waals surface area contributed by atoms with E-state index >= 15 is 0 Å². The van der Waals surface area contributed by atoms with Crippen molar-refractivity contribution in [1.29, 1.82) is 5.26 Å². The Balaban J connectivity index is 2.11. The van der Waals surface area contributed by atoms with E-state index in [2.05, 4.69) is 6.07 Å². The highest BCUT2D eigenvalue weighted by Crippen LogP contribution is 2.51. The van der Waals surface area contributed by atoms with Crippen molar-refractivity contribution in [3.63, 3.8) is 0 Å². The van der Waals surface area contributed by atoms with Gasteiger partial charge < -0.3 is 10.5 Å². The number of nitrogens with zero attached hydrogens (tertiary/aromatic N) is 2. The van der Waals surface area contributed by atoms with Gasteiger partial charge in [0.1, 0.15) is 16.5 Å². The quantitative estimate of drug-likeness (QED) is 0.844. The van der Waals surface area contributed by atoms with E-state index < -0.39 is 15.9 Å². The van der Waals surface area contributed by atoms with Crippen molar-refractivity contribution in [2.24, 2.45) is 5.73 Å². The number of nitriles is 1. The summed E-state index contributed by atoms with van der Waals surface area (Å²) >= 11 is 0. The molecule has 0 saturated carbocycles. The lowest BCUT2D eigenvalue weighted by Gasteiger charge is -2.38. The first kappa shape index (κ1) is 18.1. The number of rotatable bonds is 2. The van der Waals surface area contributed by atoms with Crippen LogP contribution < -0.4 is 10.0 Å². The lowest BCUT2D eigenvalue weighted by molar-refractivity contribution is 0.357. The van der Waals surface area contributed by atoms with Crippen LogP contribution in [-0.4, -0.2) is 15.0 Å². The third kappa shape index (κ3) is 2.42. The third-order valence-corrected chi connectivity index (χ3v) is 7.16. The molecule has 6 nitrogen and oxygen atoms in total. The number of anilines is 1. The number of allylic oxidation sites excluding steroid dienone is 2. The summed E-state index contributed by atoms with van der Waals surface area (Å²) in [5.74, 6) is -0.683. The Bertz CT molecular complexity index is 1190. The molecule has 0 saturated heterocycles. The molecule has 2 N–H and O–H groups in total. The van der Waals surface area contributed by atoms with Crippen LogP contribution in [0.4, 0.5) is 5.69 Å². The Morgan fingerprint density at radius 2 is 1.86 bits per heavy atom. The summed E-state index contributed by atoms with van der Waals surface area (Å²) in [7, 11) is -3.92. The molecule has 0 aromatic heterocycles. The summed E-state index contributed by atoms with van der Waals surface area (Å²) in [6.07, 6.45) is 0. The van der Waals surface area contributed by atoms with Crippen LogP contribution in [0.25, 0.3) is 5.76 Å². The van der Waals surface area contributed by atoms with E-state index in [-0.39, 0.29) is 28.7 Å². The number of aryl methyl sites for hydroxylation is 1. The van der Waals surface area contributed by atoms with Crippen LogP contribution in [0.2, 0.25) is 0 Å². The summed E-state index contributed by atoms with van der Waals surface area (Å²) in [6, 6.07) is 16.6. The summed E-state index contributed by atoms with van der Waals surface area (Å²) < 4.78 is 34.3. The van der Waals surface area contributed by atoms with Crippen LogP contribution in [-0.2, 0) is 14.8 Å². The number of nitrogens with two attached hydrogens (primary N) is 1. The van der Waals surface area contributed by atoms with Crippen molar-refractivity contribution in [1.82, 2.24) is 0 Å². The molecule has 2 aliphatic heterocycles. The second-order valence-electron chi connectivity index (χ2n) is 6.66. The van der Waals surface area contributed by atoms with Gasteiger partial charge in [0.2, 0.25) is 5.88 Å². The van der Waals surface area contributed by atoms with E-state index in [1.807, 2.05) is 43.3 Å². The highest BCUT2D eigenvalue weighted by atomic mass is 32.2.